The monoisotopic (exact) mass is 333 g/mol. The van der Waals surface area contributed by atoms with Crippen LogP contribution < -0.4 is 5.32 Å². The summed E-state index contributed by atoms with van der Waals surface area (Å²) in [5.41, 5.74) is -0.213. The van der Waals surface area contributed by atoms with Crippen molar-refractivity contribution in [2.45, 2.75) is 32.5 Å². The highest BCUT2D eigenvalue weighted by molar-refractivity contribution is 9.10. The molecule has 1 aromatic carbocycles. The van der Waals surface area contributed by atoms with E-state index in [9.17, 15) is 14.3 Å². The van der Waals surface area contributed by atoms with E-state index in [1.807, 2.05) is 0 Å². The van der Waals surface area contributed by atoms with Gasteiger partial charge in [0.2, 0.25) is 0 Å². The fraction of sp³-hybridized carbons (Fsp3) is 0.462. The van der Waals surface area contributed by atoms with Gasteiger partial charge in [-0.25, -0.2) is 9.18 Å². The molecular weight excluding hydrogens is 317 g/mol. The maximum absolute atomic E-state index is 13.3. The number of hydrogen-bond donors (Lipinski definition) is 2. The highest BCUT2D eigenvalue weighted by Crippen LogP contribution is 2.20. The molecule has 1 rings (SSSR count). The molecule has 19 heavy (non-hydrogen) atoms. The molecule has 0 saturated heterocycles. The Hall–Kier alpha value is -1.14. The van der Waals surface area contributed by atoms with Crippen molar-refractivity contribution in [3.63, 3.8) is 0 Å². The van der Waals surface area contributed by atoms with Crippen LogP contribution in [0, 0.1) is 5.82 Å². The van der Waals surface area contributed by atoms with Crippen LogP contribution in [0.2, 0.25) is 0 Å². The lowest BCUT2D eigenvalue weighted by molar-refractivity contribution is 0.0491. The molecule has 106 valence electrons. The zero-order valence-corrected chi connectivity index (χ0v) is 12.6. The van der Waals surface area contributed by atoms with Crippen LogP contribution in [0.3, 0.4) is 0 Å². The molecule has 1 amide bonds. The average Bonchev–Trinajstić information content (AvgIpc) is 2.27. The summed E-state index contributed by atoms with van der Waals surface area (Å²) in [6.45, 7) is 5.18. The van der Waals surface area contributed by atoms with E-state index in [-0.39, 0.29) is 6.54 Å². The van der Waals surface area contributed by atoms with Gasteiger partial charge in [0.05, 0.1) is 17.1 Å². The van der Waals surface area contributed by atoms with Gasteiger partial charge in [0.25, 0.3) is 0 Å². The SMILES string of the molecule is CC(C)(C)OC(=O)NCC(O)c1ccc(Br)c(F)c1. The molecule has 0 saturated carbocycles. The molecule has 0 spiro atoms. The molecule has 0 heterocycles. The van der Waals surface area contributed by atoms with Gasteiger partial charge >= 0.3 is 6.09 Å². The Morgan fingerprint density at radius 2 is 2.16 bits per heavy atom. The van der Waals surface area contributed by atoms with Gasteiger partial charge in [-0.1, -0.05) is 6.07 Å². The number of aliphatic hydroxyl groups excluding tert-OH is 1. The third kappa shape index (κ3) is 5.57. The molecule has 1 unspecified atom stereocenters. The zero-order valence-electron chi connectivity index (χ0n) is 11.0. The Bertz CT molecular complexity index is 460. The minimum Gasteiger partial charge on any atom is -0.444 e. The van der Waals surface area contributed by atoms with Crippen molar-refractivity contribution in [2.24, 2.45) is 0 Å². The van der Waals surface area contributed by atoms with Crippen LogP contribution in [0.25, 0.3) is 0 Å². The fourth-order valence-electron chi connectivity index (χ4n) is 1.33. The maximum atomic E-state index is 13.3. The summed E-state index contributed by atoms with van der Waals surface area (Å²) >= 11 is 3.03. The molecule has 0 aliphatic heterocycles. The summed E-state index contributed by atoms with van der Waals surface area (Å²) in [5.74, 6) is -0.464. The smallest absolute Gasteiger partial charge is 0.407 e. The highest BCUT2D eigenvalue weighted by atomic mass is 79.9. The number of halogens is 2. The normalized spacial score (nSPS) is 12.9. The summed E-state index contributed by atoms with van der Waals surface area (Å²) in [7, 11) is 0. The molecule has 6 heteroatoms. The second-order valence-electron chi connectivity index (χ2n) is 5.07. The standard InChI is InChI=1S/C13H17BrFNO3/c1-13(2,3)19-12(18)16-7-11(17)8-4-5-9(14)10(15)6-8/h4-6,11,17H,7H2,1-3H3,(H,16,18). The number of benzene rings is 1. The minimum atomic E-state index is -0.991. The molecule has 4 nitrogen and oxygen atoms in total. The van der Waals surface area contributed by atoms with E-state index >= 15 is 0 Å². The lowest BCUT2D eigenvalue weighted by atomic mass is 10.1. The Morgan fingerprint density at radius 3 is 2.68 bits per heavy atom. The molecule has 0 radical (unpaired) electrons. The van der Waals surface area contributed by atoms with E-state index in [1.54, 1.807) is 26.8 Å². The first-order valence-electron chi connectivity index (χ1n) is 5.79. The first-order chi connectivity index (χ1) is 8.69. The summed E-state index contributed by atoms with van der Waals surface area (Å²) in [5, 5.41) is 12.3. The van der Waals surface area contributed by atoms with E-state index in [1.165, 1.54) is 12.1 Å². The quantitative estimate of drug-likeness (QED) is 0.893. The molecule has 0 fully saturated rings. The molecular formula is C13H17BrFNO3. The van der Waals surface area contributed by atoms with E-state index in [4.69, 9.17) is 4.74 Å². The number of carbonyl (C=O) groups is 1. The second-order valence-corrected chi connectivity index (χ2v) is 5.93. The molecule has 0 bridgehead atoms. The van der Waals surface area contributed by atoms with Crippen LogP contribution in [-0.2, 0) is 4.74 Å². The van der Waals surface area contributed by atoms with Crippen molar-refractivity contribution in [3.05, 3.63) is 34.1 Å². The highest BCUT2D eigenvalue weighted by Gasteiger charge is 2.17. The van der Waals surface area contributed by atoms with Crippen LogP contribution in [0.4, 0.5) is 9.18 Å². The van der Waals surface area contributed by atoms with Crippen molar-refractivity contribution in [1.29, 1.82) is 0 Å². The van der Waals surface area contributed by atoms with Gasteiger partial charge in [-0.2, -0.15) is 0 Å². The van der Waals surface area contributed by atoms with Crippen molar-refractivity contribution < 1.29 is 19.0 Å². The van der Waals surface area contributed by atoms with Crippen molar-refractivity contribution in [1.82, 2.24) is 5.32 Å². The Balaban J connectivity index is 2.53. The van der Waals surface area contributed by atoms with Crippen LogP contribution >= 0.6 is 15.9 Å². The van der Waals surface area contributed by atoms with Crippen molar-refractivity contribution in [2.75, 3.05) is 6.54 Å². The third-order valence-electron chi connectivity index (χ3n) is 2.17. The molecule has 1 aromatic rings. The van der Waals surface area contributed by atoms with Gasteiger partial charge in [0, 0.05) is 0 Å². The molecule has 2 N–H and O–H groups in total. The summed E-state index contributed by atoms with van der Waals surface area (Å²) < 4.78 is 18.6. The van der Waals surface area contributed by atoms with Crippen LogP contribution in [-0.4, -0.2) is 23.3 Å². The van der Waals surface area contributed by atoms with E-state index in [0.29, 0.717) is 10.0 Å². The van der Waals surface area contributed by atoms with Crippen molar-refractivity contribution in [3.8, 4) is 0 Å². The second kappa shape index (κ2) is 6.34. The number of ether oxygens (including phenoxy) is 1. The van der Waals surface area contributed by atoms with E-state index < -0.39 is 23.6 Å². The topological polar surface area (TPSA) is 58.6 Å². The number of hydrogen-bond acceptors (Lipinski definition) is 3. The molecule has 1 atom stereocenters. The van der Waals surface area contributed by atoms with Gasteiger partial charge in [0.15, 0.2) is 0 Å². The van der Waals surface area contributed by atoms with Crippen molar-refractivity contribution >= 4 is 22.0 Å². The number of aliphatic hydroxyl groups is 1. The average molecular weight is 334 g/mol. The number of rotatable bonds is 3. The summed E-state index contributed by atoms with van der Waals surface area (Å²) in [6, 6.07) is 4.29. The molecule has 0 aliphatic carbocycles. The predicted octanol–water partition coefficient (Wildman–Crippen LogP) is 3.15. The number of alkyl carbamates (subject to hydrolysis) is 1. The number of carbonyl (C=O) groups excluding carboxylic acids is 1. The Morgan fingerprint density at radius 1 is 1.53 bits per heavy atom. The summed E-state index contributed by atoms with van der Waals surface area (Å²) in [6.07, 6.45) is -1.61. The fourth-order valence-corrected chi connectivity index (χ4v) is 1.58. The van der Waals surface area contributed by atoms with Gasteiger partial charge < -0.3 is 15.2 Å². The van der Waals surface area contributed by atoms with Crippen LogP contribution in [0.15, 0.2) is 22.7 Å². The first-order valence-corrected chi connectivity index (χ1v) is 6.58. The maximum Gasteiger partial charge on any atom is 0.407 e. The van der Waals surface area contributed by atoms with E-state index in [2.05, 4.69) is 21.2 Å². The summed E-state index contributed by atoms with van der Waals surface area (Å²) in [4.78, 5) is 11.4. The Kier molecular flexibility index (Phi) is 5.31. The predicted molar refractivity (Wildman–Crippen MR) is 73.3 cm³/mol. The first kappa shape index (κ1) is 15.9. The number of amides is 1. The lowest BCUT2D eigenvalue weighted by Gasteiger charge is -2.20. The molecule has 0 aromatic heterocycles. The van der Waals surface area contributed by atoms with E-state index in [0.717, 1.165) is 0 Å². The lowest BCUT2D eigenvalue weighted by Crippen LogP contribution is -2.34. The van der Waals surface area contributed by atoms with Crippen LogP contribution in [0.1, 0.15) is 32.4 Å². The number of nitrogens with one attached hydrogen (secondary N) is 1. The van der Waals surface area contributed by atoms with Gasteiger partial charge in [-0.3, -0.25) is 0 Å². The molecule has 0 aliphatic rings. The van der Waals surface area contributed by atoms with Gasteiger partial charge in [-0.05, 0) is 54.4 Å². The zero-order chi connectivity index (χ0) is 14.6. The minimum absolute atomic E-state index is 0.0456. The van der Waals surface area contributed by atoms with Gasteiger partial charge in [0.1, 0.15) is 11.4 Å². The third-order valence-corrected chi connectivity index (χ3v) is 2.81. The largest absolute Gasteiger partial charge is 0.444 e. The van der Waals surface area contributed by atoms with Crippen LogP contribution in [0.5, 0.6) is 0 Å². The van der Waals surface area contributed by atoms with Gasteiger partial charge in [-0.15, -0.1) is 0 Å². The Labute approximate surface area is 120 Å².